The zero-order valence-electron chi connectivity index (χ0n) is 12.0. The standard InChI is InChI=1S/C13H22N4O2S/c1-9-13(10(2)16-15-9)20(18,19)17(12-5-6-12)8-11-4-3-7-14-11/h11-12,14H,3-8H2,1-2H3,(H,15,16). The van der Waals surface area contributed by atoms with Gasteiger partial charge in [-0.15, -0.1) is 0 Å². The van der Waals surface area contributed by atoms with Gasteiger partial charge in [-0.05, 0) is 46.1 Å². The second kappa shape index (κ2) is 5.13. The van der Waals surface area contributed by atoms with E-state index in [1.54, 1.807) is 18.2 Å². The number of aromatic amines is 1. The van der Waals surface area contributed by atoms with Crippen LogP contribution < -0.4 is 5.32 Å². The molecule has 2 N–H and O–H groups in total. The number of H-pyrrole nitrogens is 1. The van der Waals surface area contributed by atoms with Gasteiger partial charge in [-0.3, -0.25) is 5.10 Å². The monoisotopic (exact) mass is 298 g/mol. The van der Waals surface area contributed by atoms with Crippen LogP contribution in [0.25, 0.3) is 0 Å². The van der Waals surface area contributed by atoms with Crippen LogP contribution in [0.1, 0.15) is 37.1 Å². The maximum Gasteiger partial charge on any atom is 0.247 e. The molecule has 20 heavy (non-hydrogen) atoms. The molecule has 0 amide bonds. The van der Waals surface area contributed by atoms with Gasteiger partial charge in [0.2, 0.25) is 10.0 Å². The first kappa shape index (κ1) is 14.0. The van der Waals surface area contributed by atoms with Crippen LogP contribution in [0.15, 0.2) is 4.90 Å². The molecular weight excluding hydrogens is 276 g/mol. The van der Waals surface area contributed by atoms with Gasteiger partial charge in [-0.2, -0.15) is 9.40 Å². The van der Waals surface area contributed by atoms with Gasteiger partial charge in [0.05, 0.1) is 11.4 Å². The Morgan fingerprint density at radius 3 is 2.55 bits per heavy atom. The van der Waals surface area contributed by atoms with E-state index >= 15 is 0 Å². The van der Waals surface area contributed by atoms with E-state index in [4.69, 9.17) is 0 Å². The lowest BCUT2D eigenvalue weighted by molar-refractivity contribution is 0.362. The summed E-state index contributed by atoms with van der Waals surface area (Å²) in [5, 5.41) is 10.2. The van der Waals surface area contributed by atoms with Gasteiger partial charge in [0, 0.05) is 18.6 Å². The number of hydrogen-bond acceptors (Lipinski definition) is 4. The Kier molecular flexibility index (Phi) is 3.60. The summed E-state index contributed by atoms with van der Waals surface area (Å²) in [5.74, 6) is 0. The molecule has 0 bridgehead atoms. The van der Waals surface area contributed by atoms with Crippen LogP contribution in [0.2, 0.25) is 0 Å². The highest BCUT2D eigenvalue weighted by molar-refractivity contribution is 7.89. The zero-order chi connectivity index (χ0) is 14.3. The van der Waals surface area contributed by atoms with Crippen LogP contribution in [-0.2, 0) is 10.0 Å². The summed E-state index contributed by atoms with van der Waals surface area (Å²) in [5.41, 5.74) is 1.19. The van der Waals surface area contributed by atoms with Crippen molar-refractivity contribution in [2.24, 2.45) is 0 Å². The SMILES string of the molecule is Cc1n[nH]c(C)c1S(=O)(=O)N(CC1CCCN1)C1CC1. The predicted octanol–water partition coefficient (Wildman–Crippen LogP) is 0.932. The molecular formula is C13H22N4O2S. The number of hydrogen-bond donors (Lipinski definition) is 2. The third kappa shape index (κ3) is 2.49. The molecule has 0 radical (unpaired) electrons. The van der Waals surface area contributed by atoms with Crippen LogP contribution in [0.3, 0.4) is 0 Å². The Balaban J connectivity index is 1.89. The highest BCUT2D eigenvalue weighted by Crippen LogP contribution is 2.34. The lowest BCUT2D eigenvalue weighted by Gasteiger charge is -2.25. The van der Waals surface area contributed by atoms with Crippen molar-refractivity contribution in [3.8, 4) is 0 Å². The summed E-state index contributed by atoms with van der Waals surface area (Å²) in [7, 11) is -3.44. The van der Waals surface area contributed by atoms with Crippen LogP contribution in [0.5, 0.6) is 0 Å². The molecule has 1 aliphatic heterocycles. The van der Waals surface area contributed by atoms with Crippen LogP contribution in [-0.4, -0.2) is 48.1 Å². The molecule has 2 fully saturated rings. The molecule has 112 valence electrons. The molecule has 7 heteroatoms. The zero-order valence-corrected chi connectivity index (χ0v) is 12.8. The van der Waals surface area contributed by atoms with Crippen molar-refractivity contribution in [3.05, 3.63) is 11.4 Å². The molecule has 1 atom stereocenters. The molecule has 6 nitrogen and oxygen atoms in total. The van der Waals surface area contributed by atoms with Crippen molar-refractivity contribution in [1.29, 1.82) is 0 Å². The minimum absolute atomic E-state index is 0.177. The second-order valence-electron chi connectivity index (χ2n) is 5.86. The molecule has 1 unspecified atom stereocenters. The van der Waals surface area contributed by atoms with E-state index in [2.05, 4.69) is 15.5 Å². The van der Waals surface area contributed by atoms with Gasteiger partial charge >= 0.3 is 0 Å². The molecule has 2 aliphatic rings. The van der Waals surface area contributed by atoms with Crippen LogP contribution in [0.4, 0.5) is 0 Å². The minimum Gasteiger partial charge on any atom is -0.313 e. The van der Waals surface area contributed by atoms with Crippen molar-refractivity contribution >= 4 is 10.0 Å². The Bertz CT molecular complexity index is 566. The first-order valence-electron chi connectivity index (χ1n) is 7.27. The van der Waals surface area contributed by atoms with E-state index in [0.29, 0.717) is 22.8 Å². The largest absolute Gasteiger partial charge is 0.313 e. The summed E-state index contributed by atoms with van der Waals surface area (Å²) in [6.45, 7) is 5.09. The fourth-order valence-electron chi connectivity index (χ4n) is 2.97. The molecule has 3 rings (SSSR count). The molecule has 1 aromatic rings. The van der Waals surface area contributed by atoms with Crippen molar-refractivity contribution in [3.63, 3.8) is 0 Å². The fourth-order valence-corrected chi connectivity index (χ4v) is 5.04. The van der Waals surface area contributed by atoms with Crippen molar-refractivity contribution in [2.45, 2.75) is 56.5 Å². The van der Waals surface area contributed by atoms with E-state index in [0.717, 1.165) is 32.2 Å². The third-order valence-electron chi connectivity index (χ3n) is 4.14. The van der Waals surface area contributed by atoms with Crippen molar-refractivity contribution < 1.29 is 8.42 Å². The number of nitrogens with zero attached hydrogens (tertiary/aromatic N) is 2. The van der Waals surface area contributed by atoms with Gasteiger partial charge in [0.15, 0.2) is 0 Å². The van der Waals surface area contributed by atoms with Gasteiger partial charge in [0.25, 0.3) is 0 Å². The van der Waals surface area contributed by atoms with E-state index in [-0.39, 0.29) is 12.1 Å². The van der Waals surface area contributed by atoms with Crippen LogP contribution >= 0.6 is 0 Å². The second-order valence-corrected chi connectivity index (χ2v) is 7.69. The molecule has 1 aromatic heterocycles. The van der Waals surface area contributed by atoms with Gasteiger partial charge in [-0.1, -0.05) is 0 Å². The van der Waals surface area contributed by atoms with E-state index in [9.17, 15) is 8.42 Å². The van der Waals surface area contributed by atoms with E-state index in [1.807, 2.05) is 0 Å². The lowest BCUT2D eigenvalue weighted by atomic mass is 10.2. The first-order valence-corrected chi connectivity index (χ1v) is 8.71. The normalized spacial score (nSPS) is 23.6. The number of nitrogens with one attached hydrogen (secondary N) is 2. The lowest BCUT2D eigenvalue weighted by Crippen LogP contribution is -2.42. The maximum atomic E-state index is 12.9. The maximum absolute atomic E-state index is 12.9. The predicted molar refractivity (Wildman–Crippen MR) is 76.0 cm³/mol. The first-order chi connectivity index (χ1) is 9.50. The van der Waals surface area contributed by atoms with Crippen molar-refractivity contribution in [2.75, 3.05) is 13.1 Å². The molecule has 1 aliphatic carbocycles. The van der Waals surface area contributed by atoms with Gasteiger partial charge < -0.3 is 5.32 Å². The number of aryl methyl sites for hydroxylation is 2. The van der Waals surface area contributed by atoms with E-state index < -0.39 is 10.0 Å². The summed E-state index contributed by atoms with van der Waals surface area (Å²) in [6.07, 6.45) is 4.14. The Labute approximate surface area is 120 Å². The highest BCUT2D eigenvalue weighted by atomic mass is 32.2. The average molecular weight is 298 g/mol. The molecule has 1 saturated carbocycles. The molecule has 1 saturated heterocycles. The number of sulfonamides is 1. The molecule has 0 aromatic carbocycles. The topological polar surface area (TPSA) is 78.1 Å². The van der Waals surface area contributed by atoms with Crippen LogP contribution in [0, 0.1) is 13.8 Å². The van der Waals surface area contributed by atoms with Crippen molar-refractivity contribution in [1.82, 2.24) is 19.8 Å². The molecule has 2 heterocycles. The highest BCUT2D eigenvalue weighted by Gasteiger charge is 2.41. The fraction of sp³-hybridized carbons (Fsp3) is 0.769. The molecule has 0 spiro atoms. The Morgan fingerprint density at radius 1 is 1.30 bits per heavy atom. The Hall–Kier alpha value is -0.920. The van der Waals surface area contributed by atoms with Gasteiger partial charge in [-0.25, -0.2) is 8.42 Å². The third-order valence-corrected chi connectivity index (χ3v) is 6.33. The Morgan fingerprint density at radius 2 is 2.05 bits per heavy atom. The summed E-state index contributed by atoms with van der Waals surface area (Å²) in [6, 6.07) is 0.467. The smallest absolute Gasteiger partial charge is 0.247 e. The quantitative estimate of drug-likeness (QED) is 0.848. The summed E-state index contributed by atoms with van der Waals surface area (Å²) < 4.78 is 27.6. The minimum atomic E-state index is -3.44. The number of rotatable bonds is 5. The average Bonchev–Trinajstić information content (AvgIpc) is 2.97. The van der Waals surface area contributed by atoms with Gasteiger partial charge in [0.1, 0.15) is 4.90 Å². The summed E-state index contributed by atoms with van der Waals surface area (Å²) in [4.78, 5) is 0.363. The summed E-state index contributed by atoms with van der Waals surface area (Å²) >= 11 is 0. The van der Waals surface area contributed by atoms with E-state index in [1.165, 1.54) is 0 Å². The number of aromatic nitrogens is 2.